The van der Waals surface area contributed by atoms with Gasteiger partial charge in [0.2, 0.25) is 0 Å². The third-order valence-corrected chi connectivity index (χ3v) is 4.25. The molecule has 10 heteroatoms. The molecule has 2 aromatic heterocycles. The number of nitrogens with one attached hydrogen (secondary N) is 1. The van der Waals surface area contributed by atoms with E-state index in [0.29, 0.717) is 13.1 Å². The zero-order valence-electron chi connectivity index (χ0n) is 15.0. The lowest BCUT2D eigenvalue weighted by atomic mass is 10.2. The van der Waals surface area contributed by atoms with Crippen molar-refractivity contribution in [1.29, 1.82) is 0 Å². The first-order chi connectivity index (χ1) is 13.2. The van der Waals surface area contributed by atoms with E-state index in [9.17, 15) is 18.4 Å². The summed E-state index contributed by atoms with van der Waals surface area (Å²) in [5.74, 6) is -0.853. The smallest absolute Gasteiger partial charge is 0.395 e. The average Bonchev–Trinajstić information content (AvgIpc) is 2.92. The highest BCUT2D eigenvalue weighted by Crippen LogP contribution is 2.42. The highest BCUT2D eigenvalue weighted by molar-refractivity contribution is 6.00. The van der Waals surface area contributed by atoms with Crippen LogP contribution in [0.1, 0.15) is 10.4 Å². The molecule has 0 spiro atoms. The predicted molar refractivity (Wildman–Crippen MR) is 96.1 cm³/mol. The van der Waals surface area contributed by atoms with Crippen molar-refractivity contribution < 1.29 is 23.0 Å². The number of likely N-dealkylation sites (N-methyl/N-ethyl adjacent to an activating group) is 1. The first-order valence-corrected chi connectivity index (χ1v) is 8.43. The van der Waals surface area contributed by atoms with Crippen molar-refractivity contribution in [2.24, 2.45) is 0 Å². The van der Waals surface area contributed by atoms with E-state index in [4.69, 9.17) is 0 Å². The molecule has 1 aliphatic rings. The van der Waals surface area contributed by atoms with Gasteiger partial charge in [-0.15, -0.1) is 8.78 Å². The lowest BCUT2D eigenvalue weighted by molar-refractivity contribution is -0.286. The van der Waals surface area contributed by atoms with Gasteiger partial charge in [-0.2, -0.15) is 0 Å². The number of amides is 1. The van der Waals surface area contributed by atoms with Gasteiger partial charge in [0.15, 0.2) is 17.1 Å². The molecule has 0 atom stereocenters. The molecular formula is C18H16F2N4O4. The maximum absolute atomic E-state index is 13.3. The minimum Gasteiger partial charge on any atom is -0.395 e. The van der Waals surface area contributed by atoms with Gasteiger partial charge in [0.05, 0.1) is 16.5 Å². The molecule has 146 valence electrons. The number of ether oxygens (including phenoxy) is 2. The molecule has 0 fully saturated rings. The predicted octanol–water partition coefficient (Wildman–Crippen LogP) is 1.46. The molecule has 0 aliphatic carbocycles. The zero-order chi connectivity index (χ0) is 20.1. The van der Waals surface area contributed by atoms with Crippen LogP contribution in [0.2, 0.25) is 0 Å². The molecule has 8 nitrogen and oxygen atoms in total. The number of carbonyl (C=O) groups is 1. The van der Waals surface area contributed by atoms with Crippen LogP contribution < -0.4 is 20.3 Å². The largest absolute Gasteiger partial charge is 0.586 e. The highest BCUT2D eigenvalue weighted by atomic mass is 19.3. The maximum atomic E-state index is 13.3. The van der Waals surface area contributed by atoms with Crippen LogP contribution in [0.15, 0.2) is 35.3 Å². The van der Waals surface area contributed by atoms with Crippen molar-refractivity contribution in [1.82, 2.24) is 19.6 Å². The van der Waals surface area contributed by atoms with Crippen LogP contribution in [0.25, 0.3) is 16.6 Å². The Morgan fingerprint density at radius 1 is 1.29 bits per heavy atom. The quantitative estimate of drug-likeness (QED) is 0.679. The Bertz CT molecular complexity index is 1160. The summed E-state index contributed by atoms with van der Waals surface area (Å²) >= 11 is 0. The number of benzene rings is 1. The zero-order valence-corrected chi connectivity index (χ0v) is 15.0. The summed E-state index contributed by atoms with van der Waals surface area (Å²) in [7, 11) is 3.76. The number of rotatable bonds is 4. The molecule has 3 heterocycles. The Morgan fingerprint density at radius 3 is 2.71 bits per heavy atom. The van der Waals surface area contributed by atoms with Crippen LogP contribution in [0.3, 0.4) is 0 Å². The van der Waals surface area contributed by atoms with E-state index < -0.39 is 17.8 Å². The Labute approximate surface area is 157 Å². The van der Waals surface area contributed by atoms with E-state index >= 15 is 0 Å². The van der Waals surface area contributed by atoms with Crippen LogP contribution in [-0.4, -0.2) is 53.7 Å². The van der Waals surface area contributed by atoms with Gasteiger partial charge in [0.1, 0.15) is 0 Å². The third-order valence-electron chi connectivity index (χ3n) is 4.25. The summed E-state index contributed by atoms with van der Waals surface area (Å²) in [5.41, 5.74) is -0.0700. The SMILES string of the molecule is CN(C)CCNC(=O)c1cccn2c(=O)c3cc4c(cc3nc12)OC(F)(F)O4. The first kappa shape index (κ1) is 18.1. The summed E-state index contributed by atoms with van der Waals surface area (Å²) in [6.45, 7) is 1.06. The number of carbonyl (C=O) groups excluding carboxylic acids is 1. The summed E-state index contributed by atoms with van der Waals surface area (Å²) in [4.78, 5) is 31.6. The summed E-state index contributed by atoms with van der Waals surface area (Å²) in [6, 6.07) is 5.45. The van der Waals surface area contributed by atoms with Crippen LogP contribution in [0.4, 0.5) is 8.78 Å². The highest BCUT2D eigenvalue weighted by Gasteiger charge is 2.43. The normalized spacial score (nSPS) is 14.8. The molecule has 1 N–H and O–H groups in total. The fourth-order valence-corrected chi connectivity index (χ4v) is 2.94. The van der Waals surface area contributed by atoms with Gasteiger partial charge in [-0.3, -0.25) is 14.0 Å². The van der Waals surface area contributed by atoms with E-state index in [1.54, 1.807) is 12.1 Å². The van der Waals surface area contributed by atoms with E-state index in [1.807, 2.05) is 19.0 Å². The minimum absolute atomic E-state index is 0.0720. The second kappa shape index (κ2) is 6.41. The molecular weight excluding hydrogens is 374 g/mol. The number of halogens is 2. The molecule has 0 radical (unpaired) electrons. The van der Waals surface area contributed by atoms with Gasteiger partial charge in [0.25, 0.3) is 11.5 Å². The van der Waals surface area contributed by atoms with E-state index in [-0.39, 0.29) is 33.6 Å². The summed E-state index contributed by atoms with van der Waals surface area (Å²) in [5, 5.41) is 2.83. The molecule has 0 saturated carbocycles. The van der Waals surface area contributed by atoms with Crippen LogP contribution in [0.5, 0.6) is 11.5 Å². The minimum atomic E-state index is -3.80. The molecule has 4 rings (SSSR count). The fraction of sp³-hybridized carbons (Fsp3) is 0.278. The second-order valence-electron chi connectivity index (χ2n) is 6.58. The number of hydrogen-bond acceptors (Lipinski definition) is 6. The lowest BCUT2D eigenvalue weighted by Gasteiger charge is -2.12. The van der Waals surface area contributed by atoms with Crippen molar-refractivity contribution in [3.05, 3.63) is 46.4 Å². The third kappa shape index (κ3) is 3.11. The van der Waals surface area contributed by atoms with E-state index in [2.05, 4.69) is 19.8 Å². The molecule has 0 bridgehead atoms. The monoisotopic (exact) mass is 390 g/mol. The standard InChI is InChI=1S/C18H16F2N4O4/c1-23(2)7-5-21-16(25)10-4-3-6-24-15(10)22-12-9-14-13(8-11(12)17(24)26)27-18(19,20)28-14/h3-4,6,8-9H,5,7H2,1-2H3,(H,21,25). The molecule has 1 aliphatic heterocycles. The van der Waals surface area contributed by atoms with Crippen LogP contribution in [0, 0.1) is 0 Å². The van der Waals surface area contributed by atoms with E-state index in [1.165, 1.54) is 16.7 Å². The van der Waals surface area contributed by atoms with Crippen LogP contribution >= 0.6 is 0 Å². The van der Waals surface area contributed by atoms with Crippen molar-refractivity contribution >= 4 is 22.5 Å². The number of pyridine rings is 1. The van der Waals surface area contributed by atoms with Gasteiger partial charge < -0.3 is 19.7 Å². The van der Waals surface area contributed by atoms with Gasteiger partial charge in [0, 0.05) is 25.4 Å². The number of hydrogen-bond donors (Lipinski definition) is 1. The summed E-state index contributed by atoms with van der Waals surface area (Å²) in [6.07, 6.45) is -2.34. The fourth-order valence-electron chi connectivity index (χ4n) is 2.94. The van der Waals surface area contributed by atoms with Gasteiger partial charge >= 0.3 is 6.29 Å². The van der Waals surface area contributed by atoms with Crippen molar-refractivity contribution in [2.75, 3.05) is 27.2 Å². The molecule has 0 saturated heterocycles. The average molecular weight is 390 g/mol. The van der Waals surface area contributed by atoms with Crippen molar-refractivity contribution in [3.63, 3.8) is 0 Å². The number of nitrogens with zero attached hydrogens (tertiary/aromatic N) is 3. The van der Waals surface area contributed by atoms with Gasteiger partial charge in [-0.25, -0.2) is 4.98 Å². The summed E-state index contributed by atoms with van der Waals surface area (Å²) < 4.78 is 36.6. The Morgan fingerprint density at radius 2 is 2.00 bits per heavy atom. The molecule has 1 aromatic carbocycles. The first-order valence-electron chi connectivity index (χ1n) is 8.43. The molecule has 0 unspecified atom stereocenters. The molecule has 1 amide bonds. The van der Waals surface area contributed by atoms with Crippen molar-refractivity contribution in [2.45, 2.75) is 6.29 Å². The Hall–Kier alpha value is -3.27. The topological polar surface area (TPSA) is 85.2 Å². The molecule has 28 heavy (non-hydrogen) atoms. The Kier molecular flexibility index (Phi) is 4.15. The Balaban J connectivity index is 1.82. The lowest BCUT2D eigenvalue weighted by Crippen LogP contribution is -2.32. The maximum Gasteiger partial charge on any atom is 0.586 e. The van der Waals surface area contributed by atoms with Crippen LogP contribution in [-0.2, 0) is 0 Å². The number of fused-ring (bicyclic) bond motifs is 3. The van der Waals surface area contributed by atoms with Gasteiger partial charge in [-0.05, 0) is 32.3 Å². The van der Waals surface area contributed by atoms with E-state index in [0.717, 1.165) is 6.07 Å². The molecule has 3 aromatic rings. The van der Waals surface area contributed by atoms with Crippen molar-refractivity contribution in [3.8, 4) is 11.5 Å². The van der Waals surface area contributed by atoms with Gasteiger partial charge in [-0.1, -0.05) is 0 Å². The second-order valence-corrected chi connectivity index (χ2v) is 6.58. The number of aromatic nitrogens is 2. The number of alkyl halides is 2.